The molecule has 1 N–H and O–H groups in total. The number of nitrogens with zero attached hydrogens (tertiary/aromatic N) is 5. The molecule has 0 aliphatic heterocycles. The van der Waals surface area contributed by atoms with Gasteiger partial charge in [-0.3, -0.25) is 4.79 Å². The molecule has 3 aromatic heterocycles. The Morgan fingerprint density at radius 1 is 1.38 bits per heavy atom. The van der Waals surface area contributed by atoms with Gasteiger partial charge in [0.2, 0.25) is 5.82 Å². The van der Waals surface area contributed by atoms with E-state index in [9.17, 15) is 4.79 Å². The molecule has 26 heavy (non-hydrogen) atoms. The quantitative estimate of drug-likeness (QED) is 0.761. The summed E-state index contributed by atoms with van der Waals surface area (Å²) in [6.45, 7) is 5.53. The highest BCUT2D eigenvalue weighted by Crippen LogP contribution is 2.42. The van der Waals surface area contributed by atoms with Crippen LogP contribution in [0.1, 0.15) is 52.6 Å². The number of rotatable bonds is 4. The number of thiophene rings is 1. The van der Waals surface area contributed by atoms with Crippen LogP contribution in [0.3, 0.4) is 0 Å². The van der Waals surface area contributed by atoms with Crippen LogP contribution in [0, 0.1) is 6.92 Å². The lowest BCUT2D eigenvalue weighted by Crippen LogP contribution is -2.32. The zero-order valence-corrected chi connectivity index (χ0v) is 16.5. The first kappa shape index (κ1) is 17.4. The number of aromatic nitrogens is 4. The van der Waals surface area contributed by atoms with Crippen molar-refractivity contribution in [3.8, 4) is 0 Å². The third-order valence-electron chi connectivity index (χ3n) is 4.99. The van der Waals surface area contributed by atoms with E-state index in [0.29, 0.717) is 12.5 Å². The van der Waals surface area contributed by atoms with Crippen LogP contribution in [-0.2, 0) is 6.42 Å². The molecule has 1 atom stereocenters. The second-order valence-corrected chi connectivity index (χ2v) is 8.38. The van der Waals surface area contributed by atoms with Gasteiger partial charge in [-0.2, -0.15) is 4.52 Å². The van der Waals surface area contributed by atoms with E-state index < -0.39 is 0 Å². The van der Waals surface area contributed by atoms with Crippen molar-refractivity contribution in [2.75, 3.05) is 27.2 Å². The second-order valence-electron chi connectivity index (χ2n) is 7.30. The fraction of sp³-hybridized carbons (Fsp3) is 0.556. The van der Waals surface area contributed by atoms with Crippen LogP contribution < -0.4 is 5.32 Å². The Hall–Kier alpha value is -2.06. The molecule has 0 spiro atoms. The maximum Gasteiger partial charge on any atom is 0.291 e. The molecule has 0 fully saturated rings. The average Bonchev–Trinajstić information content (AvgIpc) is 3.16. The fourth-order valence-corrected chi connectivity index (χ4v) is 5.03. The van der Waals surface area contributed by atoms with Crippen molar-refractivity contribution >= 4 is 33.1 Å². The second kappa shape index (κ2) is 6.59. The van der Waals surface area contributed by atoms with E-state index >= 15 is 0 Å². The molecule has 0 aromatic carbocycles. The number of amides is 1. The predicted molar refractivity (Wildman–Crippen MR) is 103 cm³/mol. The summed E-state index contributed by atoms with van der Waals surface area (Å²) in [5, 5.41) is 8.41. The van der Waals surface area contributed by atoms with E-state index in [1.54, 1.807) is 15.9 Å². The van der Waals surface area contributed by atoms with Gasteiger partial charge in [0.25, 0.3) is 5.91 Å². The van der Waals surface area contributed by atoms with Gasteiger partial charge in [-0.15, -0.1) is 16.4 Å². The number of likely N-dealkylation sites (N-methyl/N-ethyl adjacent to an activating group) is 1. The molecule has 0 unspecified atom stereocenters. The first-order chi connectivity index (χ1) is 12.5. The number of fused-ring (bicyclic) bond motifs is 5. The molecule has 7 nitrogen and oxygen atoms in total. The van der Waals surface area contributed by atoms with Crippen molar-refractivity contribution < 1.29 is 4.79 Å². The summed E-state index contributed by atoms with van der Waals surface area (Å²) in [4.78, 5) is 26.2. The highest BCUT2D eigenvalue weighted by molar-refractivity contribution is 7.19. The fourth-order valence-electron chi connectivity index (χ4n) is 3.65. The van der Waals surface area contributed by atoms with Gasteiger partial charge >= 0.3 is 0 Å². The predicted octanol–water partition coefficient (Wildman–Crippen LogP) is 2.38. The molecule has 3 aromatic rings. The third kappa shape index (κ3) is 2.87. The molecule has 3 heterocycles. The Balaban J connectivity index is 1.79. The molecule has 1 amide bonds. The first-order valence-electron chi connectivity index (χ1n) is 9.07. The average molecular weight is 372 g/mol. The van der Waals surface area contributed by atoms with Crippen molar-refractivity contribution in [3.05, 3.63) is 22.1 Å². The highest BCUT2D eigenvalue weighted by Gasteiger charge is 2.26. The number of hydrogen-bond acceptors (Lipinski definition) is 6. The molecule has 138 valence electrons. The van der Waals surface area contributed by atoms with Crippen molar-refractivity contribution in [1.82, 2.24) is 29.8 Å². The Labute approximate surface area is 156 Å². The van der Waals surface area contributed by atoms with Crippen LogP contribution in [0.2, 0.25) is 0 Å². The molecule has 4 rings (SSSR count). The van der Waals surface area contributed by atoms with Crippen molar-refractivity contribution in [2.24, 2.45) is 0 Å². The SMILES string of the molecule is Cc1nc2sc3c(c2c2nc(C(=O)NCCN(C)C)nn12)[C@H](C)CCC3. The standard InChI is InChI=1S/C18H24N6OS/c1-10-6-5-7-12-13(10)14-16-21-15(17(25)19-8-9-23(3)4)22-24(16)11(2)20-18(14)26-12/h10H,5-9H2,1-4H3,(H,19,25)/t10-/m1/s1. The molecular formula is C18H24N6OS. The number of aryl methyl sites for hydroxylation is 2. The minimum Gasteiger partial charge on any atom is -0.348 e. The van der Waals surface area contributed by atoms with Crippen LogP contribution in [0.5, 0.6) is 0 Å². The maximum atomic E-state index is 12.4. The van der Waals surface area contributed by atoms with Gasteiger partial charge in [0.15, 0.2) is 5.65 Å². The molecule has 8 heteroatoms. The summed E-state index contributed by atoms with van der Waals surface area (Å²) < 4.78 is 1.72. The Morgan fingerprint density at radius 3 is 2.96 bits per heavy atom. The number of nitrogens with one attached hydrogen (secondary N) is 1. The monoisotopic (exact) mass is 372 g/mol. The normalized spacial score (nSPS) is 17.2. The number of carbonyl (C=O) groups is 1. The zero-order chi connectivity index (χ0) is 18.4. The van der Waals surface area contributed by atoms with E-state index in [2.05, 4.69) is 22.3 Å². The van der Waals surface area contributed by atoms with Gasteiger partial charge in [0.1, 0.15) is 10.7 Å². The summed E-state index contributed by atoms with van der Waals surface area (Å²) in [5.41, 5.74) is 2.12. The van der Waals surface area contributed by atoms with Crippen LogP contribution in [0.25, 0.3) is 15.9 Å². The molecule has 1 aliphatic carbocycles. The summed E-state index contributed by atoms with van der Waals surface area (Å²) >= 11 is 1.77. The van der Waals surface area contributed by atoms with Crippen LogP contribution in [0.15, 0.2) is 0 Å². The van der Waals surface area contributed by atoms with Gasteiger partial charge in [-0.1, -0.05) is 6.92 Å². The lowest BCUT2D eigenvalue weighted by atomic mass is 9.87. The van der Waals surface area contributed by atoms with Crippen LogP contribution in [-0.4, -0.2) is 57.6 Å². The van der Waals surface area contributed by atoms with Crippen molar-refractivity contribution in [2.45, 2.75) is 39.0 Å². The molecule has 0 bridgehead atoms. The Bertz CT molecular complexity index is 989. The van der Waals surface area contributed by atoms with Gasteiger partial charge < -0.3 is 10.2 Å². The first-order valence-corrected chi connectivity index (χ1v) is 9.89. The van der Waals surface area contributed by atoms with Gasteiger partial charge in [0, 0.05) is 18.0 Å². The Kier molecular flexibility index (Phi) is 4.40. The minimum absolute atomic E-state index is 0.213. The smallest absolute Gasteiger partial charge is 0.291 e. The van der Waals surface area contributed by atoms with E-state index in [-0.39, 0.29) is 11.7 Å². The molecule has 1 aliphatic rings. The van der Waals surface area contributed by atoms with Crippen LogP contribution in [0.4, 0.5) is 0 Å². The van der Waals surface area contributed by atoms with Crippen molar-refractivity contribution in [1.29, 1.82) is 0 Å². The summed E-state index contributed by atoms with van der Waals surface area (Å²) in [6, 6.07) is 0. The summed E-state index contributed by atoms with van der Waals surface area (Å²) in [7, 11) is 3.95. The van der Waals surface area contributed by atoms with Crippen molar-refractivity contribution in [3.63, 3.8) is 0 Å². The number of hydrogen-bond donors (Lipinski definition) is 1. The van der Waals surface area contributed by atoms with Crippen LogP contribution >= 0.6 is 11.3 Å². The molecule has 0 saturated heterocycles. The summed E-state index contributed by atoms with van der Waals surface area (Å²) in [6.07, 6.45) is 3.52. The minimum atomic E-state index is -0.236. The van der Waals surface area contributed by atoms with Gasteiger partial charge in [-0.05, 0) is 51.8 Å². The third-order valence-corrected chi connectivity index (χ3v) is 6.14. The summed E-state index contributed by atoms with van der Waals surface area (Å²) in [5.74, 6) is 1.23. The Morgan fingerprint density at radius 2 is 2.19 bits per heavy atom. The van der Waals surface area contributed by atoms with Gasteiger partial charge in [-0.25, -0.2) is 9.97 Å². The lowest BCUT2D eigenvalue weighted by Gasteiger charge is -2.18. The van der Waals surface area contributed by atoms with E-state index in [4.69, 9.17) is 4.98 Å². The topological polar surface area (TPSA) is 75.4 Å². The van der Waals surface area contributed by atoms with E-state index in [1.165, 1.54) is 23.3 Å². The largest absolute Gasteiger partial charge is 0.348 e. The van der Waals surface area contributed by atoms with Gasteiger partial charge in [0.05, 0.1) is 5.39 Å². The zero-order valence-electron chi connectivity index (χ0n) is 15.7. The maximum absolute atomic E-state index is 12.4. The van der Waals surface area contributed by atoms with E-state index in [1.807, 2.05) is 25.9 Å². The lowest BCUT2D eigenvalue weighted by molar-refractivity contribution is 0.0941. The molecule has 0 radical (unpaired) electrons. The highest BCUT2D eigenvalue weighted by atomic mass is 32.1. The molecule has 0 saturated carbocycles. The van der Waals surface area contributed by atoms with E-state index in [0.717, 1.165) is 34.7 Å². The molecular weight excluding hydrogens is 348 g/mol. The number of carbonyl (C=O) groups excluding carboxylic acids is 1.